The van der Waals surface area contributed by atoms with Crippen molar-refractivity contribution in [3.63, 3.8) is 0 Å². The molecule has 0 unspecified atom stereocenters. The first-order chi connectivity index (χ1) is 9.22. The molecule has 4 heteroatoms. The van der Waals surface area contributed by atoms with Gasteiger partial charge in [0.05, 0.1) is 18.4 Å². The SMILES string of the molecule is CNCc1ccncc1N(Cc1cccs1)C(C)C. The highest BCUT2D eigenvalue weighted by molar-refractivity contribution is 7.09. The fourth-order valence-electron chi connectivity index (χ4n) is 2.13. The van der Waals surface area contributed by atoms with E-state index in [1.54, 1.807) is 11.3 Å². The van der Waals surface area contributed by atoms with Gasteiger partial charge < -0.3 is 10.2 Å². The van der Waals surface area contributed by atoms with E-state index in [0.717, 1.165) is 13.1 Å². The molecule has 0 aromatic carbocycles. The highest BCUT2D eigenvalue weighted by Crippen LogP contribution is 2.25. The lowest BCUT2D eigenvalue weighted by atomic mass is 10.1. The third kappa shape index (κ3) is 3.55. The van der Waals surface area contributed by atoms with Gasteiger partial charge in [-0.1, -0.05) is 6.07 Å². The summed E-state index contributed by atoms with van der Waals surface area (Å²) in [6.07, 6.45) is 3.83. The molecule has 0 spiro atoms. The van der Waals surface area contributed by atoms with Gasteiger partial charge in [0.1, 0.15) is 0 Å². The number of thiophene rings is 1. The molecule has 3 nitrogen and oxygen atoms in total. The number of pyridine rings is 1. The third-order valence-corrected chi connectivity index (χ3v) is 3.96. The smallest absolute Gasteiger partial charge is 0.0603 e. The molecule has 0 aliphatic rings. The lowest BCUT2D eigenvalue weighted by Crippen LogP contribution is -2.31. The van der Waals surface area contributed by atoms with Crippen LogP contribution in [0.1, 0.15) is 24.3 Å². The Balaban J connectivity index is 2.28. The first kappa shape index (κ1) is 14.0. The third-order valence-electron chi connectivity index (χ3n) is 3.09. The second-order valence-electron chi connectivity index (χ2n) is 4.84. The minimum atomic E-state index is 0.446. The molecular formula is C15H21N3S. The van der Waals surface area contributed by atoms with Crippen molar-refractivity contribution >= 4 is 17.0 Å². The number of hydrogen-bond acceptors (Lipinski definition) is 4. The van der Waals surface area contributed by atoms with Crippen LogP contribution < -0.4 is 10.2 Å². The molecule has 0 fully saturated rings. The van der Waals surface area contributed by atoms with Crippen LogP contribution in [0.15, 0.2) is 36.0 Å². The number of nitrogens with one attached hydrogen (secondary N) is 1. The maximum absolute atomic E-state index is 4.29. The van der Waals surface area contributed by atoms with E-state index >= 15 is 0 Å². The van der Waals surface area contributed by atoms with E-state index in [4.69, 9.17) is 0 Å². The molecule has 0 amide bonds. The topological polar surface area (TPSA) is 28.2 Å². The Morgan fingerprint density at radius 1 is 1.37 bits per heavy atom. The Hall–Kier alpha value is -1.39. The van der Waals surface area contributed by atoms with Gasteiger partial charge in [0.15, 0.2) is 0 Å². The second kappa shape index (κ2) is 6.68. The second-order valence-corrected chi connectivity index (χ2v) is 5.87. The van der Waals surface area contributed by atoms with Crippen LogP contribution in [0.3, 0.4) is 0 Å². The summed E-state index contributed by atoms with van der Waals surface area (Å²) in [5, 5.41) is 5.36. The first-order valence-electron chi connectivity index (χ1n) is 6.59. The van der Waals surface area contributed by atoms with Crippen LogP contribution in [0.5, 0.6) is 0 Å². The number of nitrogens with zero attached hydrogens (tertiary/aromatic N) is 2. The number of rotatable bonds is 6. The zero-order valence-corrected chi connectivity index (χ0v) is 12.6. The maximum Gasteiger partial charge on any atom is 0.0603 e. The summed E-state index contributed by atoms with van der Waals surface area (Å²) in [6.45, 7) is 6.26. The van der Waals surface area contributed by atoms with E-state index in [-0.39, 0.29) is 0 Å². The normalized spacial score (nSPS) is 10.9. The predicted octanol–water partition coefficient (Wildman–Crippen LogP) is 3.28. The minimum absolute atomic E-state index is 0.446. The lowest BCUT2D eigenvalue weighted by Gasteiger charge is -2.30. The maximum atomic E-state index is 4.29. The van der Waals surface area contributed by atoms with Gasteiger partial charge in [-0.2, -0.15) is 0 Å². The van der Waals surface area contributed by atoms with Gasteiger partial charge in [-0.25, -0.2) is 0 Å². The molecule has 0 saturated heterocycles. The van der Waals surface area contributed by atoms with Crippen LogP contribution in [-0.4, -0.2) is 18.1 Å². The number of anilines is 1. The molecule has 19 heavy (non-hydrogen) atoms. The van der Waals surface area contributed by atoms with E-state index in [1.807, 2.05) is 19.4 Å². The Bertz CT molecular complexity index is 494. The molecule has 0 radical (unpaired) electrons. The average molecular weight is 275 g/mol. The molecule has 2 heterocycles. The monoisotopic (exact) mass is 275 g/mol. The molecular weight excluding hydrogens is 254 g/mol. The molecule has 102 valence electrons. The molecule has 0 saturated carbocycles. The molecule has 0 aliphatic carbocycles. The predicted molar refractivity (Wildman–Crippen MR) is 82.6 cm³/mol. The average Bonchev–Trinajstić information content (AvgIpc) is 2.90. The van der Waals surface area contributed by atoms with Gasteiger partial charge in [0, 0.05) is 23.7 Å². The van der Waals surface area contributed by atoms with Gasteiger partial charge in [-0.05, 0) is 44.0 Å². The molecule has 0 bridgehead atoms. The minimum Gasteiger partial charge on any atom is -0.362 e. The van der Waals surface area contributed by atoms with E-state index in [1.165, 1.54) is 16.1 Å². The van der Waals surface area contributed by atoms with Crippen molar-refractivity contribution in [3.8, 4) is 0 Å². The molecule has 0 aliphatic heterocycles. The zero-order chi connectivity index (χ0) is 13.7. The molecule has 2 aromatic rings. The van der Waals surface area contributed by atoms with E-state index in [9.17, 15) is 0 Å². The van der Waals surface area contributed by atoms with Crippen LogP contribution in [0.4, 0.5) is 5.69 Å². The van der Waals surface area contributed by atoms with Gasteiger partial charge in [0.2, 0.25) is 0 Å². The van der Waals surface area contributed by atoms with Crippen LogP contribution in [0, 0.1) is 0 Å². The standard InChI is InChI=1S/C15H21N3S/c1-12(2)18(11-14-5-4-8-19-14)15-10-17-7-6-13(15)9-16-3/h4-8,10,12,16H,9,11H2,1-3H3. The molecule has 0 atom stereocenters. The molecule has 2 rings (SSSR count). The van der Waals surface area contributed by atoms with E-state index in [2.05, 4.69) is 52.6 Å². The Morgan fingerprint density at radius 3 is 2.84 bits per heavy atom. The summed E-state index contributed by atoms with van der Waals surface area (Å²) in [4.78, 5) is 8.08. The zero-order valence-electron chi connectivity index (χ0n) is 11.8. The van der Waals surface area contributed by atoms with Gasteiger partial charge in [0.25, 0.3) is 0 Å². The summed E-state index contributed by atoms with van der Waals surface area (Å²) in [5.74, 6) is 0. The Morgan fingerprint density at radius 2 is 2.21 bits per heavy atom. The summed E-state index contributed by atoms with van der Waals surface area (Å²) >= 11 is 1.80. The fraction of sp³-hybridized carbons (Fsp3) is 0.400. The molecule has 1 N–H and O–H groups in total. The largest absolute Gasteiger partial charge is 0.362 e. The lowest BCUT2D eigenvalue weighted by molar-refractivity contribution is 0.677. The van der Waals surface area contributed by atoms with Gasteiger partial charge >= 0.3 is 0 Å². The van der Waals surface area contributed by atoms with Crippen molar-refractivity contribution in [3.05, 3.63) is 46.4 Å². The summed E-state index contributed by atoms with van der Waals surface area (Å²) < 4.78 is 0. The van der Waals surface area contributed by atoms with Gasteiger partial charge in [-0.3, -0.25) is 4.98 Å². The summed E-state index contributed by atoms with van der Waals surface area (Å²) in [7, 11) is 1.98. The van der Waals surface area contributed by atoms with Crippen LogP contribution in [-0.2, 0) is 13.1 Å². The van der Waals surface area contributed by atoms with Crippen molar-refractivity contribution in [2.75, 3.05) is 11.9 Å². The highest BCUT2D eigenvalue weighted by atomic mass is 32.1. The van der Waals surface area contributed by atoms with Crippen LogP contribution in [0.2, 0.25) is 0 Å². The van der Waals surface area contributed by atoms with Crippen LogP contribution >= 0.6 is 11.3 Å². The van der Waals surface area contributed by atoms with E-state index in [0.29, 0.717) is 6.04 Å². The van der Waals surface area contributed by atoms with Gasteiger partial charge in [-0.15, -0.1) is 11.3 Å². The first-order valence-corrected chi connectivity index (χ1v) is 7.47. The quantitative estimate of drug-likeness (QED) is 0.877. The molecule has 2 aromatic heterocycles. The van der Waals surface area contributed by atoms with Crippen molar-refractivity contribution < 1.29 is 0 Å². The summed E-state index contributed by atoms with van der Waals surface area (Å²) in [5.41, 5.74) is 2.52. The Labute approximate surface area is 119 Å². The Kier molecular flexibility index (Phi) is 4.93. The van der Waals surface area contributed by atoms with Crippen molar-refractivity contribution in [1.82, 2.24) is 10.3 Å². The van der Waals surface area contributed by atoms with E-state index < -0.39 is 0 Å². The van der Waals surface area contributed by atoms with Crippen molar-refractivity contribution in [1.29, 1.82) is 0 Å². The summed E-state index contributed by atoms with van der Waals surface area (Å²) in [6, 6.07) is 6.84. The highest BCUT2D eigenvalue weighted by Gasteiger charge is 2.15. The van der Waals surface area contributed by atoms with Crippen LogP contribution in [0.25, 0.3) is 0 Å². The van der Waals surface area contributed by atoms with Crippen molar-refractivity contribution in [2.45, 2.75) is 33.0 Å². The number of hydrogen-bond donors (Lipinski definition) is 1. The fourth-order valence-corrected chi connectivity index (χ4v) is 2.83. The number of aromatic nitrogens is 1. The van der Waals surface area contributed by atoms with Crippen molar-refractivity contribution in [2.24, 2.45) is 0 Å².